The lowest BCUT2D eigenvalue weighted by Gasteiger charge is -2.03. The first-order chi connectivity index (χ1) is 5.93. The SMILES string of the molecule is CCCCCNc1ccccn1.P. The normalized spacial score (nSPS) is 9.00. The lowest BCUT2D eigenvalue weighted by atomic mass is 10.2. The Balaban J connectivity index is 0.00000144. The van der Waals surface area contributed by atoms with Crippen LogP contribution in [0.3, 0.4) is 0 Å². The van der Waals surface area contributed by atoms with Crippen LogP contribution in [-0.4, -0.2) is 11.5 Å². The summed E-state index contributed by atoms with van der Waals surface area (Å²) in [6.07, 6.45) is 5.60. The Bertz CT molecular complexity index is 201. The van der Waals surface area contributed by atoms with E-state index in [2.05, 4.69) is 17.2 Å². The zero-order chi connectivity index (χ0) is 8.65. The van der Waals surface area contributed by atoms with Gasteiger partial charge in [-0.2, -0.15) is 9.90 Å². The maximum atomic E-state index is 4.17. The standard InChI is InChI=1S/C10H16N2.H3P/c1-2-3-5-8-11-10-7-4-6-9-12-10;/h4,6-7,9H,2-3,5,8H2,1H3,(H,11,12);1H3. The first-order valence-corrected chi connectivity index (χ1v) is 4.58. The van der Waals surface area contributed by atoms with Crippen LogP contribution in [0.2, 0.25) is 0 Å². The molecule has 74 valence electrons. The van der Waals surface area contributed by atoms with E-state index in [4.69, 9.17) is 0 Å². The van der Waals surface area contributed by atoms with Gasteiger partial charge in [-0.25, -0.2) is 4.98 Å². The molecule has 1 atom stereocenters. The largest absolute Gasteiger partial charge is 0.370 e. The highest BCUT2D eigenvalue weighted by Gasteiger charge is 1.89. The number of pyridine rings is 1. The Hall–Kier alpha value is -0.620. The van der Waals surface area contributed by atoms with E-state index in [0.29, 0.717) is 0 Å². The van der Waals surface area contributed by atoms with Gasteiger partial charge in [0.1, 0.15) is 5.82 Å². The molecule has 1 rings (SSSR count). The molecule has 0 aliphatic carbocycles. The minimum absolute atomic E-state index is 0. The molecule has 0 aliphatic rings. The Kier molecular flexibility index (Phi) is 7.62. The fraction of sp³-hybridized carbons (Fsp3) is 0.500. The van der Waals surface area contributed by atoms with E-state index in [1.165, 1.54) is 19.3 Å². The van der Waals surface area contributed by atoms with E-state index in [1.807, 2.05) is 24.4 Å². The number of nitrogens with zero attached hydrogens (tertiary/aromatic N) is 1. The number of rotatable bonds is 5. The molecule has 0 aromatic carbocycles. The highest BCUT2D eigenvalue weighted by atomic mass is 31.0. The Morgan fingerprint density at radius 1 is 1.31 bits per heavy atom. The van der Waals surface area contributed by atoms with Crippen molar-refractivity contribution in [3.63, 3.8) is 0 Å². The molecule has 0 spiro atoms. The Morgan fingerprint density at radius 2 is 2.15 bits per heavy atom. The Labute approximate surface area is 83.8 Å². The van der Waals surface area contributed by atoms with Crippen LogP contribution < -0.4 is 5.32 Å². The molecule has 0 saturated carbocycles. The molecule has 0 bridgehead atoms. The van der Waals surface area contributed by atoms with Crippen molar-refractivity contribution in [1.82, 2.24) is 4.98 Å². The predicted molar refractivity (Wildman–Crippen MR) is 63.4 cm³/mol. The molecule has 0 saturated heterocycles. The van der Waals surface area contributed by atoms with E-state index in [-0.39, 0.29) is 9.90 Å². The molecule has 0 fully saturated rings. The fourth-order valence-electron chi connectivity index (χ4n) is 1.06. The second-order valence-electron chi connectivity index (χ2n) is 2.85. The molecule has 1 unspecified atom stereocenters. The molecule has 13 heavy (non-hydrogen) atoms. The summed E-state index contributed by atoms with van der Waals surface area (Å²) >= 11 is 0. The molecule has 1 heterocycles. The van der Waals surface area contributed by atoms with Crippen LogP contribution in [0.15, 0.2) is 24.4 Å². The molecule has 0 aliphatic heterocycles. The topological polar surface area (TPSA) is 24.9 Å². The number of hydrogen-bond donors (Lipinski definition) is 1. The third kappa shape index (κ3) is 5.59. The quantitative estimate of drug-likeness (QED) is 0.581. The zero-order valence-electron chi connectivity index (χ0n) is 8.29. The number of aromatic nitrogens is 1. The summed E-state index contributed by atoms with van der Waals surface area (Å²) in [5.41, 5.74) is 0. The van der Waals surface area contributed by atoms with Crippen molar-refractivity contribution in [2.75, 3.05) is 11.9 Å². The minimum Gasteiger partial charge on any atom is -0.370 e. The molecule has 3 heteroatoms. The highest BCUT2D eigenvalue weighted by molar-refractivity contribution is 6.92. The van der Waals surface area contributed by atoms with Gasteiger partial charge < -0.3 is 5.32 Å². The molecule has 0 radical (unpaired) electrons. The van der Waals surface area contributed by atoms with Crippen LogP contribution in [0.1, 0.15) is 26.2 Å². The van der Waals surface area contributed by atoms with E-state index in [0.717, 1.165) is 12.4 Å². The van der Waals surface area contributed by atoms with Gasteiger partial charge in [-0.3, -0.25) is 0 Å². The van der Waals surface area contributed by atoms with Crippen LogP contribution in [0, 0.1) is 0 Å². The van der Waals surface area contributed by atoms with E-state index in [9.17, 15) is 0 Å². The van der Waals surface area contributed by atoms with Crippen molar-refractivity contribution in [3.05, 3.63) is 24.4 Å². The van der Waals surface area contributed by atoms with Crippen LogP contribution in [0.5, 0.6) is 0 Å². The summed E-state index contributed by atoms with van der Waals surface area (Å²) in [7, 11) is 0. The third-order valence-corrected chi connectivity index (χ3v) is 1.75. The third-order valence-electron chi connectivity index (χ3n) is 1.75. The Morgan fingerprint density at radius 3 is 2.77 bits per heavy atom. The summed E-state index contributed by atoms with van der Waals surface area (Å²) in [5.74, 6) is 0.980. The van der Waals surface area contributed by atoms with E-state index < -0.39 is 0 Å². The number of hydrogen-bond acceptors (Lipinski definition) is 2. The average molecular weight is 198 g/mol. The van der Waals surface area contributed by atoms with Crippen molar-refractivity contribution in [2.45, 2.75) is 26.2 Å². The second kappa shape index (κ2) is 8.00. The first kappa shape index (κ1) is 12.4. The van der Waals surface area contributed by atoms with Gasteiger partial charge in [0, 0.05) is 12.7 Å². The van der Waals surface area contributed by atoms with E-state index in [1.54, 1.807) is 0 Å². The van der Waals surface area contributed by atoms with Gasteiger partial charge >= 0.3 is 0 Å². The summed E-state index contributed by atoms with van der Waals surface area (Å²) in [6.45, 7) is 3.24. The molecule has 2 nitrogen and oxygen atoms in total. The van der Waals surface area contributed by atoms with Crippen molar-refractivity contribution in [1.29, 1.82) is 0 Å². The molecule has 1 aromatic heterocycles. The van der Waals surface area contributed by atoms with Gasteiger partial charge in [0.15, 0.2) is 0 Å². The zero-order valence-corrected chi connectivity index (χ0v) is 9.71. The lowest BCUT2D eigenvalue weighted by Crippen LogP contribution is -2.02. The summed E-state index contributed by atoms with van der Waals surface area (Å²) in [4.78, 5) is 4.17. The maximum Gasteiger partial charge on any atom is 0.125 e. The molecular formula is C10H19N2P. The van der Waals surface area contributed by atoms with Gasteiger partial charge in [-0.1, -0.05) is 25.8 Å². The highest BCUT2D eigenvalue weighted by Crippen LogP contribution is 2.00. The van der Waals surface area contributed by atoms with Crippen molar-refractivity contribution in [3.8, 4) is 0 Å². The molecule has 1 N–H and O–H groups in total. The number of anilines is 1. The van der Waals surface area contributed by atoms with Crippen molar-refractivity contribution in [2.24, 2.45) is 0 Å². The average Bonchev–Trinajstić information content (AvgIpc) is 2.14. The summed E-state index contributed by atoms with van der Waals surface area (Å²) in [6, 6.07) is 5.92. The molecule has 0 amide bonds. The van der Waals surface area contributed by atoms with Crippen LogP contribution in [-0.2, 0) is 0 Å². The van der Waals surface area contributed by atoms with Gasteiger partial charge in [0.25, 0.3) is 0 Å². The van der Waals surface area contributed by atoms with Gasteiger partial charge in [0.05, 0.1) is 0 Å². The van der Waals surface area contributed by atoms with Gasteiger partial charge in [-0.15, -0.1) is 0 Å². The summed E-state index contributed by atoms with van der Waals surface area (Å²) in [5, 5.41) is 3.27. The minimum atomic E-state index is 0. The number of nitrogens with one attached hydrogen (secondary N) is 1. The molecular weight excluding hydrogens is 179 g/mol. The van der Waals surface area contributed by atoms with Crippen LogP contribution >= 0.6 is 9.90 Å². The van der Waals surface area contributed by atoms with Crippen LogP contribution in [0.25, 0.3) is 0 Å². The molecule has 1 aromatic rings. The van der Waals surface area contributed by atoms with Gasteiger partial charge in [0.2, 0.25) is 0 Å². The smallest absolute Gasteiger partial charge is 0.125 e. The maximum absolute atomic E-state index is 4.17. The predicted octanol–water partition coefficient (Wildman–Crippen LogP) is 2.74. The van der Waals surface area contributed by atoms with Gasteiger partial charge in [-0.05, 0) is 18.6 Å². The van der Waals surface area contributed by atoms with Crippen molar-refractivity contribution >= 4 is 15.7 Å². The van der Waals surface area contributed by atoms with Crippen molar-refractivity contribution < 1.29 is 0 Å². The lowest BCUT2D eigenvalue weighted by molar-refractivity contribution is 0.742. The monoisotopic (exact) mass is 198 g/mol. The summed E-state index contributed by atoms with van der Waals surface area (Å²) < 4.78 is 0. The first-order valence-electron chi connectivity index (χ1n) is 4.58. The van der Waals surface area contributed by atoms with E-state index >= 15 is 0 Å². The van der Waals surface area contributed by atoms with Crippen LogP contribution in [0.4, 0.5) is 5.82 Å². The second-order valence-corrected chi connectivity index (χ2v) is 2.85. The number of unbranched alkanes of at least 4 members (excludes halogenated alkanes) is 2. The fourth-order valence-corrected chi connectivity index (χ4v) is 1.06.